The fourth-order valence-electron chi connectivity index (χ4n) is 2.36. The zero-order valence-corrected chi connectivity index (χ0v) is 14.0. The highest BCUT2D eigenvalue weighted by Crippen LogP contribution is 2.38. The van der Waals surface area contributed by atoms with Gasteiger partial charge in [-0.15, -0.1) is 11.8 Å². The molecule has 1 aliphatic rings. The van der Waals surface area contributed by atoms with Gasteiger partial charge in [-0.3, -0.25) is 0 Å². The Balaban J connectivity index is 1.78. The SMILES string of the molecule is O=C(Nc1ccccc1Br)N1CCS[C@@H]1c1cccc(F)c1. The Hall–Kier alpha value is -1.53. The van der Waals surface area contributed by atoms with Crippen LogP contribution in [0.15, 0.2) is 53.0 Å². The normalized spacial score (nSPS) is 17.5. The molecular weight excluding hydrogens is 367 g/mol. The van der Waals surface area contributed by atoms with E-state index in [2.05, 4.69) is 21.2 Å². The predicted molar refractivity (Wildman–Crippen MR) is 91.5 cm³/mol. The summed E-state index contributed by atoms with van der Waals surface area (Å²) in [5.41, 5.74) is 1.53. The van der Waals surface area contributed by atoms with Crippen molar-refractivity contribution in [3.05, 3.63) is 64.4 Å². The number of carbonyl (C=O) groups excluding carboxylic acids is 1. The monoisotopic (exact) mass is 380 g/mol. The second kappa shape index (κ2) is 6.71. The maximum Gasteiger partial charge on any atom is 0.323 e. The molecule has 2 amide bonds. The molecule has 1 fully saturated rings. The van der Waals surface area contributed by atoms with Crippen molar-refractivity contribution in [3.63, 3.8) is 0 Å². The van der Waals surface area contributed by atoms with Crippen LogP contribution < -0.4 is 5.32 Å². The molecule has 0 bridgehead atoms. The molecule has 0 aromatic heterocycles. The highest BCUT2D eigenvalue weighted by Gasteiger charge is 2.31. The summed E-state index contributed by atoms with van der Waals surface area (Å²) in [5.74, 6) is 0.557. The van der Waals surface area contributed by atoms with E-state index in [1.165, 1.54) is 12.1 Å². The first-order valence-corrected chi connectivity index (χ1v) is 8.68. The Morgan fingerprint density at radius 3 is 2.86 bits per heavy atom. The van der Waals surface area contributed by atoms with Crippen LogP contribution in [0.2, 0.25) is 0 Å². The van der Waals surface area contributed by atoms with E-state index in [4.69, 9.17) is 0 Å². The van der Waals surface area contributed by atoms with E-state index >= 15 is 0 Å². The molecule has 22 heavy (non-hydrogen) atoms. The Bertz CT molecular complexity index is 697. The van der Waals surface area contributed by atoms with Crippen molar-refractivity contribution in [2.45, 2.75) is 5.37 Å². The first kappa shape index (κ1) is 15.4. The van der Waals surface area contributed by atoms with Crippen molar-refractivity contribution in [1.29, 1.82) is 0 Å². The molecule has 6 heteroatoms. The van der Waals surface area contributed by atoms with Crippen molar-refractivity contribution in [2.75, 3.05) is 17.6 Å². The summed E-state index contributed by atoms with van der Waals surface area (Å²) in [6, 6.07) is 13.7. The summed E-state index contributed by atoms with van der Waals surface area (Å²) in [7, 11) is 0. The number of para-hydroxylation sites is 1. The molecule has 0 saturated carbocycles. The van der Waals surface area contributed by atoms with Crippen LogP contribution in [0.3, 0.4) is 0 Å². The Labute approximate surface area is 141 Å². The van der Waals surface area contributed by atoms with Crippen molar-refractivity contribution in [3.8, 4) is 0 Å². The molecule has 3 nitrogen and oxygen atoms in total. The number of halogens is 2. The van der Waals surface area contributed by atoms with E-state index < -0.39 is 0 Å². The quantitative estimate of drug-likeness (QED) is 0.805. The van der Waals surface area contributed by atoms with Crippen LogP contribution >= 0.6 is 27.7 Å². The third-order valence-corrected chi connectivity index (χ3v) is 5.35. The van der Waals surface area contributed by atoms with Gasteiger partial charge < -0.3 is 10.2 Å². The molecule has 3 rings (SSSR count). The molecule has 0 aliphatic carbocycles. The number of thioether (sulfide) groups is 1. The lowest BCUT2D eigenvalue weighted by molar-refractivity contribution is 0.214. The third kappa shape index (κ3) is 3.28. The molecule has 114 valence electrons. The number of nitrogens with one attached hydrogen (secondary N) is 1. The molecule has 2 aromatic rings. The number of hydrogen-bond acceptors (Lipinski definition) is 2. The maximum absolute atomic E-state index is 13.4. The highest BCUT2D eigenvalue weighted by atomic mass is 79.9. The largest absolute Gasteiger partial charge is 0.323 e. The van der Waals surface area contributed by atoms with E-state index in [1.807, 2.05) is 30.3 Å². The van der Waals surface area contributed by atoms with Crippen LogP contribution in [0, 0.1) is 5.82 Å². The van der Waals surface area contributed by atoms with Crippen LogP contribution in [0.4, 0.5) is 14.9 Å². The number of urea groups is 1. The molecule has 1 aliphatic heterocycles. The average Bonchev–Trinajstić information content (AvgIpc) is 2.99. The zero-order chi connectivity index (χ0) is 15.5. The van der Waals surface area contributed by atoms with Gasteiger partial charge in [0.1, 0.15) is 11.2 Å². The van der Waals surface area contributed by atoms with Crippen LogP contribution in [-0.4, -0.2) is 23.2 Å². The second-order valence-corrected chi connectivity index (χ2v) is 6.92. The number of amides is 2. The minimum absolute atomic E-state index is 0.154. The van der Waals surface area contributed by atoms with E-state index in [-0.39, 0.29) is 17.2 Å². The van der Waals surface area contributed by atoms with Gasteiger partial charge in [0, 0.05) is 16.8 Å². The van der Waals surface area contributed by atoms with Crippen molar-refractivity contribution in [2.24, 2.45) is 0 Å². The minimum Gasteiger partial charge on any atom is -0.308 e. The Kier molecular flexibility index (Phi) is 4.69. The van der Waals surface area contributed by atoms with Gasteiger partial charge in [0.15, 0.2) is 0 Å². The van der Waals surface area contributed by atoms with Crippen LogP contribution in [0.1, 0.15) is 10.9 Å². The van der Waals surface area contributed by atoms with Gasteiger partial charge >= 0.3 is 6.03 Å². The van der Waals surface area contributed by atoms with Crippen LogP contribution in [0.25, 0.3) is 0 Å². The molecule has 1 saturated heterocycles. The number of carbonyl (C=O) groups is 1. The van der Waals surface area contributed by atoms with Gasteiger partial charge in [-0.05, 0) is 45.8 Å². The summed E-state index contributed by atoms with van der Waals surface area (Å²) in [6.07, 6.45) is 0. The van der Waals surface area contributed by atoms with Crippen molar-refractivity contribution < 1.29 is 9.18 Å². The van der Waals surface area contributed by atoms with Gasteiger partial charge in [0.2, 0.25) is 0 Å². The Morgan fingerprint density at radius 2 is 2.09 bits per heavy atom. The predicted octanol–water partition coefficient (Wildman–Crippen LogP) is 4.87. The number of rotatable bonds is 2. The molecule has 2 aromatic carbocycles. The summed E-state index contributed by atoms with van der Waals surface area (Å²) in [4.78, 5) is 14.3. The van der Waals surface area contributed by atoms with Gasteiger partial charge in [-0.1, -0.05) is 24.3 Å². The standard InChI is InChI=1S/C16H14BrFN2OS/c17-13-6-1-2-7-14(13)19-16(21)20-8-9-22-15(20)11-4-3-5-12(18)10-11/h1-7,10,15H,8-9H2,(H,19,21)/t15-/m1/s1. The first-order valence-electron chi connectivity index (χ1n) is 6.84. The van der Waals surface area contributed by atoms with E-state index in [0.29, 0.717) is 6.54 Å². The number of anilines is 1. The third-order valence-electron chi connectivity index (χ3n) is 3.40. The molecule has 1 N–H and O–H groups in total. The first-order chi connectivity index (χ1) is 10.6. The topological polar surface area (TPSA) is 32.3 Å². The number of benzene rings is 2. The van der Waals surface area contributed by atoms with Crippen LogP contribution in [0.5, 0.6) is 0 Å². The fourth-order valence-corrected chi connectivity index (χ4v) is 3.99. The summed E-state index contributed by atoms with van der Waals surface area (Å²) in [6.45, 7) is 0.641. The second-order valence-electron chi connectivity index (χ2n) is 4.88. The molecule has 0 radical (unpaired) electrons. The van der Waals surface area contributed by atoms with E-state index in [9.17, 15) is 9.18 Å². The van der Waals surface area contributed by atoms with E-state index in [1.54, 1.807) is 22.7 Å². The molecular formula is C16H14BrFN2OS. The van der Waals surface area contributed by atoms with Gasteiger partial charge in [0.05, 0.1) is 5.69 Å². The zero-order valence-electron chi connectivity index (χ0n) is 11.6. The Morgan fingerprint density at radius 1 is 1.27 bits per heavy atom. The lowest BCUT2D eigenvalue weighted by Crippen LogP contribution is -2.34. The van der Waals surface area contributed by atoms with Crippen molar-refractivity contribution in [1.82, 2.24) is 4.90 Å². The van der Waals surface area contributed by atoms with Crippen molar-refractivity contribution >= 4 is 39.4 Å². The summed E-state index contributed by atoms with van der Waals surface area (Å²) < 4.78 is 14.2. The number of nitrogens with zero attached hydrogens (tertiary/aromatic N) is 1. The maximum atomic E-state index is 13.4. The lowest BCUT2D eigenvalue weighted by atomic mass is 10.2. The molecule has 1 heterocycles. The molecule has 0 unspecified atom stereocenters. The van der Waals surface area contributed by atoms with Gasteiger partial charge in [-0.25, -0.2) is 9.18 Å². The van der Waals surface area contributed by atoms with E-state index in [0.717, 1.165) is 21.5 Å². The lowest BCUT2D eigenvalue weighted by Gasteiger charge is -2.24. The average molecular weight is 381 g/mol. The van der Waals surface area contributed by atoms with Crippen LogP contribution in [-0.2, 0) is 0 Å². The molecule has 0 spiro atoms. The summed E-state index contributed by atoms with van der Waals surface area (Å²) in [5, 5.41) is 2.75. The highest BCUT2D eigenvalue weighted by molar-refractivity contribution is 9.10. The molecule has 1 atom stereocenters. The smallest absolute Gasteiger partial charge is 0.308 e. The summed E-state index contributed by atoms with van der Waals surface area (Å²) >= 11 is 5.06. The van der Waals surface area contributed by atoms with Gasteiger partial charge in [-0.2, -0.15) is 0 Å². The number of hydrogen-bond donors (Lipinski definition) is 1. The fraction of sp³-hybridized carbons (Fsp3) is 0.188. The minimum atomic E-state index is -0.281. The van der Waals surface area contributed by atoms with Gasteiger partial charge in [0.25, 0.3) is 0 Å².